The summed E-state index contributed by atoms with van der Waals surface area (Å²) in [6.07, 6.45) is 13.8. The van der Waals surface area contributed by atoms with Crippen LogP contribution in [0, 0.1) is 58.2 Å². The fourth-order valence-electron chi connectivity index (χ4n) is 8.87. The number of rotatable bonds is 2. The summed E-state index contributed by atoms with van der Waals surface area (Å²) < 4.78 is 0. The predicted octanol–water partition coefficient (Wildman–Crippen LogP) is 8.60. The van der Waals surface area contributed by atoms with E-state index in [1.54, 1.807) is 32.1 Å². The molecular weight excluding hydrogens is 324 g/mol. The van der Waals surface area contributed by atoms with Gasteiger partial charge in [-0.2, -0.15) is 0 Å². The van der Waals surface area contributed by atoms with Gasteiger partial charge in [-0.3, -0.25) is 0 Å². The maximum Gasteiger partial charge on any atom is -0.0266 e. The molecule has 0 nitrogen and oxygen atoms in total. The fourth-order valence-corrected chi connectivity index (χ4v) is 8.87. The van der Waals surface area contributed by atoms with Crippen LogP contribution in [0.1, 0.15) is 113 Å². The molecule has 0 heteroatoms. The Bertz CT molecular complexity index is 492. The van der Waals surface area contributed by atoms with Gasteiger partial charge in [-0.05, 0) is 116 Å². The van der Waals surface area contributed by atoms with E-state index in [0.29, 0.717) is 10.8 Å². The van der Waals surface area contributed by atoms with Crippen LogP contribution >= 0.6 is 0 Å². The Morgan fingerprint density at radius 1 is 0.815 bits per heavy atom. The standard InChI is InChI=1S/C25H44.C2H6/c1-16(2)13-19-9-11-25(6)20(15-19)14-17(3)23-21-8-7-18(4)24(21,5)12-10-22(23)25;1-2/h16-23H,7-15H2,1-6H3;1-2H3. The van der Waals surface area contributed by atoms with Crippen LogP contribution in [0.3, 0.4) is 0 Å². The quantitative estimate of drug-likeness (QED) is 0.454. The average molecular weight is 375 g/mol. The lowest BCUT2D eigenvalue weighted by Crippen LogP contribution is -2.55. The van der Waals surface area contributed by atoms with Gasteiger partial charge < -0.3 is 0 Å². The van der Waals surface area contributed by atoms with Gasteiger partial charge in [0.25, 0.3) is 0 Å². The van der Waals surface area contributed by atoms with Crippen LogP contribution < -0.4 is 0 Å². The maximum absolute atomic E-state index is 2.74. The minimum Gasteiger partial charge on any atom is -0.0683 e. The van der Waals surface area contributed by atoms with Crippen molar-refractivity contribution in [2.45, 2.75) is 113 Å². The summed E-state index contributed by atoms with van der Waals surface area (Å²) in [7, 11) is 0. The highest BCUT2D eigenvalue weighted by Crippen LogP contribution is 2.68. The molecule has 0 N–H and O–H groups in total. The fraction of sp³-hybridized carbons (Fsp3) is 1.00. The van der Waals surface area contributed by atoms with Crippen molar-refractivity contribution in [3.8, 4) is 0 Å². The van der Waals surface area contributed by atoms with Crippen LogP contribution in [-0.2, 0) is 0 Å². The second-order valence-electron chi connectivity index (χ2n) is 12.0. The SMILES string of the molecule is CC.CC(C)CC1CCC2(C)C(C1)CC(C)C1C3CCC(C)C3(C)CCC12. The lowest BCUT2D eigenvalue weighted by molar-refractivity contribution is -0.140. The first-order valence-electron chi connectivity index (χ1n) is 12.8. The van der Waals surface area contributed by atoms with Crippen molar-refractivity contribution in [3.63, 3.8) is 0 Å². The number of fused-ring (bicyclic) bond motifs is 5. The first-order chi connectivity index (χ1) is 12.8. The molecule has 27 heavy (non-hydrogen) atoms. The van der Waals surface area contributed by atoms with Gasteiger partial charge in [-0.1, -0.05) is 55.4 Å². The van der Waals surface area contributed by atoms with Gasteiger partial charge in [0.2, 0.25) is 0 Å². The molecule has 0 aliphatic heterocycles. The van der Waals surface area contributed by atoms with Crippen LogP contribution in [0.4, 0.5) is 0 Å². The van der Waals surface area contributed by atoms with Crippen molar-refractivity contribution in [2.24, 2.45) is 58.2 Å². The van der Waals surface area contributed by atoms with E-state index in [9.17, 15) is 0 Å². The van der Waals surface area contributed by atoms with E-state index in [4.69, 9.17) is 0 Å². The molecule has 4 aliphatic carbocycles. The zero-order chi connectivity index (χ0) is 20.0. The molecule has 0 bridgehead atoms. The molecule has 0 radical (unpaired) electrons. The van der Waals surface area contributed by atoms with Gasteiger partial charge in [0, 0.05) is 0 Å². The van der Waals surface area contributed by atoms with Crippen LogP contribution in [0.5, 0.6) is 0 Å². The molecule has 0 aromatic heterocycles. The van der Waals surface area contributed by atoms with E-state index in [1.807, 2.05) is 13.8 Å². The zero-order valence-electron chi connectivity index (χ0n) is 20.0. The Kier molecular flexibility index (Phi) is 6.45. The van der Waals surface area contributed by atoms with E-state index < -0.39 is 0 Å². The Morgan fingerprint density at radius 2 is 1.44 bits per heavy atom. The molecule has 0 aromatic carbocycles. The van der Waals surface area contributed by atoms with Gasteiger partial charge in [0.1, 0.15) is 0 Å². The van der Waals surface area contributed by atoms with E-state index in [2.05, 4.69) is 41.5 Å². The summed E-state index contributed by atoms with van der Waals surface area (Å²) in [5.74, 6) is 8.04. The Balaban J connectivity index is 0.00000102. The van der Waals surface area contributed by atoms with Crippen molar-refractivity contribution in [3.05, 3.63) is 0 Å². The molecule has 4 fully saturated rings. The van der Waals surface area contributed by atoms with Gasteiger partial charge in [0.15, 0.2) is 0 Å². The molecule has 0 saturated heterocycles. The second kappa shape index (κ2) is 8.02. The average Bonchev–Trinajstić information content (AvgIpc) is 2.93. The molecule has 4 saturated carbocycles. The van der Waals surface area contributed by atoms with Gasteiger partial charge in [-0.25, -0.2) is 0 Å². The zero-order valence-corrected chi connectivity index (χ0v) is 20.0. The molecule has 0 heterocycles. The number of hydrogen-bond acceptors (Lipinski definition) is 0. The summed E-state index contributed by atoms with van der Waals surface area (Å²) in [6.45, 7) is 19.5. The smallest absolute Gasteiger partial charge is 0.0266 e. The molecule has 4 rings (SSSR count). The predicted molar refractivity (Wildman–Crippen MR) is 120 cm³/mol. The topological polar surface area (TPSA) is 0 Å². The second-order valence-corrected chi connectivity index (χ2v) is 12.0. The first-order valence-corrected chi connectivity index (χ1v) is 12.8. The van der Waals surface area contributed by atoms with Crippen LogP contribution in [0.15, 0.2) is 0 Å². The van der Waals surface area contributed by atoms with Gasteiger partial charge in [0.05, 0.1) is 0 Å². The van der Waals surface area contributed by atoms with Crippen LogP contribution in [-0.4, -0.2) is 0 Å². The van der Waals surface area contributed by atoms with Crippen molar-refractivity contribution in [1.82, 2.24) is 0 Å². The van der Waals surface area contributed by atoms with E-state index >= 15 is 0 Å². The maximum atomic E-state index is 2.74. The molecule has 0 aromatic rings. The molecule has 9 atom stereocenters. The van der Waals surface area contributed by atoms with Gasteiger partial charge >= 0.3 is 0 Å². The minimum absolute atomic E-state index is 0.674. The third kappa shape index (κ3) is 3.54. The van der Waals surface area contributed by atoms with Crippen molar-refractivity contribution >= 4 is 0 Å². The summed E-state index contributed by atoms with van der Waals surface area (Å²) in [5, 5.41) is 0. The third-order valence-corrected chi connectivity index (χ3v) is 10.4. The monoisotopic (exact) mass is 374 g/mol. The summed E-state index contributed by atoms with van der Waals surface area (Å²) in [4.78, 5) is 0. The number of hydrogen-bond donors (Lipinski definition) is 0. The van der Waals surface area contributed by atoms with E-state index in [0.717, 1.165) is 47.3 Å². The third-order valence-electron chi connectivity index (χ3n) is 10.4. The van der Waals surface area contributed by atoms with Crippen molar-refractivity contribution in [2.75, 3.05) is 0 Å². The molecule has 9 unspecified atom stereocenters. The highest BCUT2D eigenvalue weighted by molar-refractivity contribution is 5.10. The Morgan fingerprint density at radius 3 is 2.11 bits per heavy atom. The molecule has 0 amide bonds. The highest BCUT2D eigenvalue weighted by atomic mass is 14.7. The summed E-state index contributed by atoms with van der Waals surface area (Å²) in [6, 6.07) is 0. The van der Waals surface area contributed by atoms with Crippen LogP contribution in [0.2, 0.25) is 0 Å². The van der Waals surface area contributed by atoms with Crippen LogP contribution in [0.25, 0.3) is 0 Å². The van der Waals surface area contributed by atoms with Crippen molar-refractivity contribution in [1.29, 1.82) is 0 Å². The summed E-state index contributed by atoms with van der Waals surface area (Å²) >= 11 is 0. The van der Waals surface area contributed by atoms with E-state index in [1.165, 1.54) is 25.7 Å². The van der Waals surface area contributed by atoms with E-state index in [-0.39, 0.29) is 0 Å². The molecular formula is C27H50. The largest absolute Gasteiger partial charge is 0.0683 e. The lowest BCUT2D eigenvalue weighted by Gasteiger charge is -2.63. The first kappa shape index (κ1) is 21.7. The normalized spacial score (nSPS) is 51.7. The molecule has 0 spiro atoms. The Labute approximate surface area is 171 Å². The highest BCUT2D eigenvalue weighted by Gasteiger charge is 2.61. The minimum atomic E-state index is 0.674. The van der Waals surface area contributed by atoms with Crippen molar-refractivity contribution < 1.29 is 0 Å². The molecule has 158 valence electrons. The summed E-state index contributed by atoms with van der Waals surface area (Å²) in [5.41, 5.74) is 1.35. The molecule has 4 aliphatic rings. The Hall–Kier alpha value is 0. The van der Waals surface area contributed by atoms with Gasteiger partial charge in [-0.15, -0.1) is 0 Å². The lowest BCUT2D eigenvalue weighted by atomic mass is 9.42.